The second-order valence-electron chi connectivity index (χ2n) is 10.2. The average molecular weight is 497 g/mol. The highest BCUT2D eigenvalue weighted by Gasteiger charge is 2.44. The van der Waals surface area contributed by atoms with Crippen LogP contribution in [0.15, 0.2) is 55.1 Å². The summed E-state index contributed by atoms with van der Waals surface area (Å²) in [7, 11) is 3.44. The second kappa shape index (κ2) is 11.7. The van der Waals surface area contributed by atoms with Gasteiger partial charge in [-0.2, -0.15) is 0 Å². The van der Waals surface area contributed by atoms with Crippen LogP contribution < -0.4 is 14.4 Å². The van der Waals surface area contributed by atoms with Crippen molar-refractivity contribution in [3.05, 3.63) is 65.7 Å². The van der Waals surface area contributed by atoms with Crippen LogP contribution in [0.3, 0.4) is 0 Å². The van der Waals surface area contributed by atoms with Crippen molar-refractivity contribution in [1.82, 2.24) is 4.90 Å². The molecule has 5 heteroatoms. The van der Waals surface area contributed by atoms with Crippen molar-refractivity contribution in [2.45, 2.75) is 63.5 Å². The van der Waals surface area contributed by atoms with Gasteiger partial charge >= 0.3 is 0 Å². The Bertz CT molecular complexity index is 943. The van der Waals surface area contributed by atoms with Crippen molar-refractivity contribution in [1.29, 1.82) is 0 Å². The molecule has 0 amide bonds. The summed E-state index contributed by atoms with van der Waals surface area (Å²) < 4.78 is 11.2. The summed E-state index contributed by atoms with van der Waals surface area (Å²) >= 11 is 6.29. The maximum absolute atomic E-state index is 6.29. The van der Waals surface area contributed by atoms with Gasteiger partial charge in [0.2, 0.25) is 0 Å². The van der Waals surface area contributed by atoms with E-state index in [9.17, 15) is 0 Å². The number of hydrogen-bond donors (Lipinski definition) is 0. The van der Waals surface area contributed by atoms with Crippen molar-refractivity contribution in [3.8, 4) is 11.5 Å². The molecule has 0 N–H and O–H groups in total. The average Bonchev–Trinajstić information content (AvgIpc) is 3.71. The van der Waals surface area contributed by atoms with Gasteiger partial charge in [0.1, 0.15) is 11.5 Å². The number of halogens is 1. The van der Waals surface area contributed by atoms with E-state index in [0.29, 0.717) is 6.04 Å². The molecule has 0 unspecified atom stereocenters. The van der Waals surface area contributed by atoms with Crippen LogP contribution >= 0.6 is 11.6 Å². The van der Waals surface area contributed by atoms with Gasteiger partial charge in [-0.1, -0.05) is 36.7 Å². The van der Waals surface area contributed by atoms with Gasteiger partial charge in [0.25, 0.3) is 0 Å². The van der Waals surface area contributed by atoms with E-state index in [-0.39, 0.29) is 5.54 Å². The third-order valence-electron chi connectivity index (χ3n) is 7.87. The summed E-state index contributed by atoms with van der Waals surface area (Å²) in [4.78, 5) is 5.30. The normalized spacial score (nSPS) is 22.1. The molecule has 2 fully saturated rings. The third kappa shape index (κ3) is 5.98. The molecule has 0 radical (unpaired) electrons. The number of benzene rings is 2. The van der Waals surface area contributed by atoms with Gasteiger partial charge in [0.15, 0.2) is 0 Å². The van der Waals surface area contributed by atoms with Crippen molar-refractivity contribution in [3.63, 3.8) is 0 Å². The highest BCUT2D eigenvalue weighted by Crippen LogP contribution is 2.46. The summed E-state index contributed by atoms with van der Waals surface area (Å²) in [5.74, 6) is 2.51. The fourth-order valence-corrected chi connectivity index (χ4v) is 5.98. The number of hydrogen-bond acceptors (Lipinski definition) is 4. The van der Waals surface area contributed by atoms with Crippen LogP contribution in [0.2, 0.25) is 5.02 Å². The topological polar surface area (TPSA) is 24.9 Å². The first-order valence-corrected chi connectivity index (χ1v) is 13.5. The predicted octanol–water partition coefficient (Wildman–Crippen LogP) is 7.31. The highest BCUT2D eigenvalue weighted by molar-refractivity contribution is 6.30. The maximum atomic E-state index is 6.29. The molecule has 2 aromatic carbocycles. The Hall–Kier alpha value is -2.17. The monoisotopic (exact) mass is 496 g/mol. The van der Waals surface area contributed by atoms with E-state index in [1.807, 2.05) is 6.07 Å². The fraction of sp³-hybridized carbons (Fsp3) is 0.533. The Labute approximate surface area is 216 Å². The predicted molar refractivity (Wildman–Crippen MR) is 147 cm³/mol. The summed E-state index contributed by atoms with van der Waals surface area (Å²) in [5, 5.41) is 0.802. The molecule has 2 saturated carbocycles. The Morgan fingerprint density at radius 3 is 2.14 bits per heavy atom. The molecule has 2 aliphatic rings. The minimum atomic E-state index is 0.0296. The summed E-state index contributed by atoms with van der Waals surface area (Å²) in [6, 6.07) is 15.3. The van der Waals surface area contributed by atoms with Crippen LogP contribution in [-0.4, -0.2) is 44.8 Å². The molecule has 0 spiro atoms. The largest absolute Gasteiger partial charge is 0.497 e. The molecule has 35 heavy (non-hydrogen) atoms. The zero-order valence-corrected chi connectivity index (χ0v) is 22.4. The Morgan fingerprint density at radius 1 is 1.00 bits per heavy atom. The molecule has 0 atom stereocenters. The van der Waals surface area contributed by atoms with Crippen LogP contribution in [0.5, 0.6) is 11.5 Å². The summed E-state index contributed by atoms with van der Waals surface area (Å²) in [6.07, 6.45) is 10.4. The molecule has 2 aliphatic carbocycles. The fourth-order valence-electron chi connectivity index (χ4n) is 5.85. The van der Waals surface area contributed by atoms with Crippen molar-refractivity contribution in [2.24, 2.45) is 5.92 Å². The van der Waals surface area contributed by atoms with Gasteiger partial charge in [-0.3, -0.25) is 4.90 Å². The molecule has 0 saturated heterocycles. The quantitative estimate of drug-likeness (QED) is 0.287. The first-order valence-electron chi connectivity index (χ1n) is 13.1. The maximum Gasteiger partial charge on any atom is 0.124 e. The second-order valence-corrected chi connectivity index (χ2v) is 10.6. The molecule has 0 aromatic heterocycles. The van der Waals surface area contributed by atoms with E-state index in [0.717, 1.165) is 74.2 Å². The molecule has 4 rings (SSSR count). The van der Waals surface area contributed by atoms with Gasteiger partial charge in [0.05, 0.1) is 14.2 Å². The summed E-state index contributed by atoms with van der Waals surface area (Å²) in [6.45, 7) is 9.47. The minimum Gasteiger partial charge on any atom is -0.497 e. The third-order valence-corrected chi connectivity index (χ3v) is 8.12. The number of ether oxygens (including phenoxy) is 2. The SMILES string of the molecule is C=CCN(CC1CC1)C1(c2ccc(Cl)cc2)CCC(N(CCC)c2cc(OC)cc(OC)c2)CC1. The van der Waals surface area contributed by atoms with E-state index >= 15 is 0 Å². The van der Waals surface area contributed by atoms with E-state index in [2.05, 4.69) is 65.8 Å². The lowest BCUT2D eigenvalue weighted by molar-refractivity contribution is 0.0473. The van der Waals surface area contributed by atoms with Crippen LogP contribution in [0.1, 0.15) is 57.4 Å². The van der Waals surface area contributed by atoms with Crippen LogP contribution in [0, 0.1) is 5.92 Å². The first-order chi connectivity index (χ1) is 17.0. The number of anilines is 1. The summed E-state index contributed by atoms with van der Waals surface area (Å²) in [5.41, 5.74) is 2.61. The van der Waals surface area contributed by atoms with Gasteiger partial charge in [-0.15, -0.1) is 6.58 Å². The Kier molecular flexibility index (Phi) is 8.67. The molecule has 0 heterocycles. The van der Waals surface area contributed by atoms with Gasteiger partial charge < -0.3 is 14.4 Å². The van der Waals surface area contributed by atoms with Crippen LogP contribution in [-0.2, 0) is 5.54 Å². The van der Waals surface area contributed by atoms with Crippen molar-refractivity contribution < 1.29 is 9.47 Å². The minimum absolute atomic E-state index is 0.0296. The zero-order valence-electron chi connectivity index (χ0n) is 21.6. The molecule has 4 nitrogen and oxygen atoms in total. The number of rotatable bonds is 12. The van der Waals surface area contributed by atoms with E-state index < -0.39 is 0 Å². The van der Waals surface area contributed by atoms with Gasteiger partial charge in [0, 0.05) is 60.1 Å². The van der Waals surface area contributed by atoms with E-state index in [1.165, 1.54) is 24.1 Å². The van der Waals surface area contributed by atoms with Crippen molar-refractivity contribution >= 4 is 17.3 Å². The molecular weight excluding hydrogens is 456 g/mol. The van der Waals surface area contributed by atoms with Gasteiger partial charge in [-0.05, 0) is 68.6 Å². The Balaban J connectivity index is 1.62. The lowest BCUT2D eigenvalue weighted by Crippen LogP contribution is -2.52. The lowest BCUT2D eigenvalue weighted by atomic mass is 9.73. The number of methoxy groups -OCH3 is 2. The lowest BCUT2D eigenvalue weighted by Gasteiger charge is -2.50. The van der Waals surface area contributed by atoms with E-state index in [1.54, 1.807) is 14.2 Å². The van der Waals surface area contributed by atoms with Crippen LogP contribution in [0.25, 0.3) is 0 Å². The molecule has 2 aromatic rings. The molecular formula is C30H41ClN2O2. The van der Waals surface area contributed by atoms with Crippen LogP contribution in [0.4, 0.5) is 5.69 Å². The molecule has 0 aliphatic heterocycles. The highest BCUT2D eigenvalue weighted by atomic mass is 35.5. The molecule has 190 valence electrons. The Morgan fingerprint density at radius 2 is 1.63 bits per heavy atom. The first kappa shape index (κ1) is 25.9. The number of nitrogens with zero attached hydrogens (tertiary/aromatic N) is 2. The van der Waals surface area contributed by atoms with Crippen molar-refractivity contribution in [2.75, 3.05) is 38.8 Å². The molecule has 0 bridgehead atoms. The van der Waals surface area contributed by atoms with Gasteiger partial charge in [-0.25, -0.2) is 0 Å². The zero-order chi connectivity index (χ0) is 24.8. The standard InChI is InChI=1S/C30H41ClN2O2/c1-5-17-32(22-23-7-8-23)30(24-9-11-25(31)12-10-24)15-13-26(14-16-30)33(18-6-2)27-19-28(34-3)21-29(20-27)35-4/h5,9-12,19-21,23,26H,1,6-8,13-18,22H2,2-4H3. The smallest absolute Gasteiger partial charge is 0.124 e. The van der Waals surface area contributed by atoms with E-state index in [4.69, 9.17) is 21.1 Å².